The van der Waals surface area contributed by atoms with Crippen molar-refractivity contribution in [1.29, 1.82) is 0 Å². The van der Waals surface area contributed by atoms with E-state index in [4.69, 9.17) is 4.74 Å². The van der Waals surface area contributed by atoms with Gasteiger partial charge in [-0.1, -0.05) is 12.1 Å². The van der Waals surface area contributed by atoms with Crippen LogP contribution in [-0.4, -0.2) is 44.4 Å². The van der Waals surface area contributed by atoms with E-state index in [0.717, 1.165) is 16.7 Å². The van der Waals surface area contributed by atoms with Crippen molar-refractivity contribution in [2.45, 2.75) is 20.4 Å². The van der Waals surface area contributed by atoms with Gasteiger partial charge in [0.2, 0.25) is 0 Å². The van der Waals surface area contributed by atoms with E-state index in [9.17, 15) is 9.59 Å². The summed E-state index contributed by atoms with van der Waals surface area (Å²) in [6.07, 6.45) is 3.27. The third-order valence-electron chi connectivity index (χ3n) is 5.04. The molecule has 4 rings (SSSR count). The van der Waals surface area contributed by atoms with E-state index in [-0.39, 0.29) is 5.91 Å². The maximum Gasteiger partial charge on any atom is 0.341 e. The highest BCUT2D eigenvalue weighted by Gasteiger charge is 2.16. The van der Waals surface area contributed by atoms with Gasteiger partial charge in [0.15, 0.2) is 0 Å². The Bertz CT molecular complexity index is 1220. The highest BCUT2D eigenvalue weighted by Crippen LogP contribution is 2.16. The number of nitrogens with zero attached hydrogens (tertiary/aromatic N) is 4. The Labute approximate surface area is 179 Å². The van der Waals surface area contributed by atoms with Crippen molar-refractivity contribution in [2.24, 2.45) is 0 Å². The highest BCUT2D eigenvalue weighted by molar-refractivity contribution is 5.94. The summed E-state index contributed by atoms with van der Waals surface area (Å²) >= 11 is 0. The third kappa shape index (κ3) is 4.18. The fourth-order valence-electron chi connectivity index (χ4n) is 3.41. The van der Waals surface area contributed by atoms with E-state index in [0.29, 0.717) is 36.5 Å². The number of fused-ring (bicyclic) bond motifs is 1. The predicted octanol–water partition coefficient (Wildman–Crippen LogP) is 3.14. The van der Waals surface area contributed by atoms with Crippen molar-refractivity contribution in [3.8, 4) is 5.69 Å². The first-order valence-corrected chi connectivity index (χ1v) is 10.1. The van der Waals surface area contributed by atoms with Crippen LogP contribution in [0.5, 0.6) is 0 Å². The topological polar surface area (TPSA) is 91.0 Å². The Hall–Kier alpha value is -3.94. The summed E-state index contributed by atoms with van der Waals surface area (Å²) in [5, 5.41) is 7.21. The smallest absolute Gasteiger partial charge is 0.341 e. The minimum absolute atomic E-state index is 0.152. The molecule has 0 saturated heterocycles. The van der Waals surface area contributed by atoms with E-state index < -0.39 is 5.97 Å². The van der Waals surface area contributed by atoms with Crippen molar-refractivity contribution in [3.63, 3.8) is 0 Å². The fourth-order valence-corrected chi connectivity index (χ4v) is 3.41. The quantitative estimate of drug-likeness (QED) is 0.467. The number of para-hydroxylation sites is 2. The number of esters is 1. The van der Waals surface area contributed by atoms with Gasteiger partial charge in [0, 0.05) is 18.7 Å². The highest BCUT2D eigenvalue weighted by atomic mass is 16.5. The molecule has 0 aliphatic carbocycles. The lowest BCUT2D eigenvalue weighted by Gasteiger charge is -2.09. The monoisotopic (exact) mass is 417 g/mol. The number of carbonyl (C=O) groups is 2. The average Bonchev–Trinajstić information content (AvgIpc) is 3.38. The molecule has 4 aromatic rings. The maximum absolute atomic E-state index is 12.5. The standard InChI is InChI=1S/C23H23N5O3/c1-3-31-23(30)19-14-26-28(16(19)2)18-10-8-17(9-11-18)22(29)24-12-13-27-15-25-20-6-4-5-7-21(20)27/h4-11,14-15H,3,12-13H2,1-2H3,(H,24,29). The van der Waals surface area contributed by atoms with Crippen LogP contribution in [-0.2, 0) is 11.3 Å². The second-order valence-electron chi connectivity index (χ2n) is 7.01. The van der Waals surface area contributed by atoms with E-state index in [1.54, 1.807) is 49.1 Å². The number of ether oxygens (including phenoxy) is 1. The molecule has 2 aromatic heterocycles. The number of benzene rings is 2. The van der Waals surface area contributed by atoms with Crippen molar-refractivity contribution in [2.75, 3.05) is 13.2 Å². The Morgan fingerprint density at radius 2 is 1.87 bits per heavy atom. The molecule has 31 heavy (non-hydrogen) atoms. The first-order valence-electron chi connectivity index (χ1n) is 10.1. The van der Waals surface area contributed by atoms with Crippen LogP contribution in [0.15, 0.2) is 61.1 Å². The van der Waals surface area contributed by atoms with E-state index >= 15 is 0 Å². The molecule has 1 N–H and O–H groups in total. The molecule has 8 heteroatoms. The number of hydrogen-bond acceptors (Lipinski definition) is 5. The Morgan fingerprint density at radius 1 is 1.10 bits per heavy atom. The molecule has 0 unspecified atom stereocenters. The molecule has 8 nitrogen and oxygen atoms in total. The maximum atomic E-state index is 12.5. The van der Waals surface area contributed by atoms with Crippen molar-refractivity contribution in [3.05, 3.63) is 77.9 Å². The minimum Gasteiger partial charge on any atom is -0.462 e. The second-order valence-corrected chi connectivity index (χ2v) is 7.01. The zero-order valence-electron chi connectivity index (χ0n) is 17.4. The van der Waals surface area contributed by atoms with Gasteiger partial charge >= 0.3 is 5.97 Å². The average molecular weight is 417 g/mol. The zero-order valence-corrected chi connectivity index (χ0v) is 17.4. The summed E-state index contributed by atoms with van der Waals surface area (Å²) in [4.78, 5) is 28.8. The lowest BCUT2D eigenvalue weighted by Crippen LogP contribution is -2.27. The number of aromatic nitrogens is 4. The minimum atomic E-state index is -0.395. The first-order chi connectivity index (χ1) is 15.1. The molecule has 158 valence electrons. The number of amides is 1. The van der Waals surface area contributed by atoms with Gasteiger partial charge in [-0.25, -0.2) is 14.5 Å². The number of imidazole rings is 1. The molecule has 0 spiro atoms. The Balaban J connectivity index is 1.39. The van der Waals surface area contributed by atoms with E-state index in [1.165, 1.54) is 6.20 Å². The normalized spacial score (nSPS) is 10.9. The molecule has 0 radical (unpaired) electrons. The number of carbonyl (C=O) groups excluding carboxylic acids is 2. The molecular formula is C23H23N5O3. The van der Waals surface area contributed by atoms with Crippen LogP contribution in [0, 0.1) is 6.92 Å². The number of hydrogen-bond donors (Lipinski definition) is 1. The molecule has 1 amide bonds. The van der Waals surface area contributed by atoms with Gasteiger partial charge in [0.25, 0.3) is 5.91 Å². The van der Waals surface area contributed by atoms with Gasteiger partial charge in [0.05, 0.1) is 41.5 Å². The summed E-state index contributed by atoms with van der Waals surface area (Å²) in [6, 6.07) is 15.0. The van der Waals surface area contributed by atoms with Crippen LogP contribution in [0.2, 0.25) is 0 Å². The van der Waals surface area contributed by atoms with Crippen LogP contribution in [0.1, 0.15) is 33.3 Å². The largest absolute Gasteiger partial charge is 0.462 e. The van der Waals surface area contributed by atoms with Crippen molar-refractivity contribution >= 4 is 22.9 Å². The summed E-state index contributed by atoms with van der Waals surface area (Å²) in [6.45, 7) is 5.00. The van der Waals surface area contributed by atoms with E-state index in [1.807, 2.05) is 28.8 Å². The molecule has 0 saturated carbocycles. The van der Waals surface area contributed by atoms with Gasteiger partial charge < -0.3 is 14.6 Å². The van der Waals surface area contributed by atoms with Crippen LogP contribution < -0.4 is 5.32 Å². The van der Waals surface area contributed by atoms with Gasteiger partial charge in [-0.2, -0.15) is 5.10 Å². The van der Waals surface area contributed by atoms with Gasteiger partial charge in [0.1, 0.15) is 5.56 Å². The summed E-state index contributed by atoms with van der Waals surface area (Å²) in [5.74, 6) is -0.548. The lowest BCUT2D eigenvalue weighted by atomic mass is 10.2. The third-order valence-corrected chi connectivity index (χ3v) is 5.04. The Morgan fingerprint density at radius 3 is 2.65 bits per heavy atom. The van der Waals surface area contributed by atoms with Gasteiger partial charge in [-0.05, 0) is 50.2 Å². The predicted molar refractivity (Wildman–Crippen MR) is 116 cm³/mol. The summed E-state index contributed by atoms with van der Waals surface area (Å²) in [7, 11) is 0. The molecule has 0 aliphatic rings. The van der Waals surface area contributed by atoms with Gasteiger partial charge in [-0.3, -0.25) is 4.79 Å². The molecule has 2 heterocycles. The van der Waals surface area contributed by atoms with Crippen LogP contribution >= 0.6 is 0 Å². The van der Waals surface area contributed by atoms with Crippen molar-refractivity contribution in [1.82, 2.24) is 24.6 Å². The molecule has 2 aromatic carbocycles. The van der Waals surface area contributed by atoms with Crippen LogP contribution in [0.25, 0.3) is 16.7 Å². The lowest BCUT2D eigenvalue weighted by molar-refractivity contribution is 0.0525. The van der Waals surface area contributed by atoms with E-state index in [2.05, 4.69) is 15.4 Å². The molecule has 0 atom stereocenters. The SMILES string of the molecule is CCOC(=O)c1cnn(-c2ccc(C(=O)NCCn3cnc4ccccc43)cc2)c1C. The molecule has 0 bridgehead atoms. The second kappa shape index (κ2) is 8.83. The Kier molecular flexibility index (Phi) is 5.79. The molecular weight excluding hydrogens is 394 g/mol. The van der Waals surface area contributed by atoms with Gasteiger partial charge in [-0.15, -0.1) is 0 Å². The molecule has 0 fully saturated rings. The zero-order chi connectivity index (χ0) is 21.8. The number of nitrogens with one attached hydrogen (secondary N) is 1. The summed E-state index contributed by atoms with van der Waals surface area (Å²) < 4.78 is 8.71. The van der Waals surface area contributed by atoms with Crippen molar-refractivity contribution < 1.29 is 14.3 Å². The fraction of sp³-hybridized carbons (Fsp3) is 0.217. The van der Waals surface area contributed by atoms with Crippen LogP contribution in [0.4, 0.5) is 0 Å². The molecule has 0 aliphatic heterocycles. The first kappa shape index (κ1) is 20.3. The number of rotatable bonds is 7. The van der Waals surface area contributed by atoms with Crippen LogP contribution in [0.3, 0.4) is 0 Å². The summed E-state index contributed by atoms with van der Waals surface area (Å²) in [5.41, 5.74) is 4.39.